The van der Waals surface area contributed by atoms with Crippen LogP contribution in [0.2, 0.25) is 0 Å². The molecule has 0 spiro atoms. The first-order chi connectivity index (χ1) is 9.60. The summed E-state index contributed by atoms with van der Waals surface area (Å²) in [4.78, 5) is 16.6. The van der Waals surface area contributed by atoms with E-state index in [1.54, 1.807) is 0 Å². The van der Waals surface area contributed by atoms with Crippen molar-refractivity contribution in [2.45, 2.75) is 19.3 Å². The zero-order valence-electron chi connectivity index (χ0n) is 11.4. The van der Waals surface area contributed by atoms with Gasteiger partial charge in [0.1, 0.15) is 5.82 Å². The summed E-state index contributed by atoms with van der Waals surface area (Å²) in [6.07, 6.45) is 0. The summed E-state index contributed by atoms with van der Waals surface area (Å²) in [5.41, 5.74) is 2.87. The average Bonchev–Trinajstić information content (AvgIpc) is 2.69. The Morgan fingerprint density at radius 3 is 2.55 bits per heavy atom. The second-order valence-corrected chi connectivity index (χ2v) is 5.74. The Morgan fingerprint density at radius 2 is 1.70 bits per heavy atom. The first kappa shape index (κ1) is 11.4. The maximum Gasteiger partial charge on any atom is 0.280 e. The molecule has 3 aromatic rings. The second kappa shape index (κ2) is 3.57. The molecule has 0 amide bonds. The minimum Gasteiger partial charge on any atom is -0.297 e. The van der Waals surface area contributed by atoms with E-state index in [-0.39, 0.29) is 11.0 Å². The number of benzene rings is 2. The van der Waals surface area contributed by atoms with Gasteiger partial charge in [-0.3, -0.25) is 9.36 Å². The van der Waals surface area contributed by atoms with Crippen molar-refractivity contribution in [2.24, 2.45) is 0 Å². The molecule has 3 nitrogen and oxygen atoms in total. The molecule has 0 saturated heterocycles. The smallest absolute Gasteiger partial charge is 0.280 e. The van der Waals surface area contributed by atoms with Crippen molar-refractivity contribution in [1.29, 1.82) is 0 Å². The van der Waals surface area contributed by atoms with Gasteiger partial charge in [-0.25, -0.2) is 0 Å². The van der Waals surface area contributed by atoms with E-state index < -0.39 is 0 Å². The van der Waals surface area contributed by atoms with E-state index in [9.17, 15) is 4.79 Å². The van der Waals surface area contributed by atoms with Gasteiger partial charge < -0.3 is 0 Å². The van der Waals surface area contributed by atoms with E-state index in [4.69, 9.17) is 0 Å². The highest BCUT2D eigenvalue weighted by molar-refractivity contribution is 5.81. The molecule has 20 heavy (non-hydrogen) atoms. The third-order valence-electron chi connectivity index (χ3n) is 4.17. The molecular formula is C17H14N2O. The van der Waals surface area contributed by atoms with Gasteiger partial charge in [0.25, 0.3) is 5.56 Å². The zero-order chi connectivity index (χ0) is 13.9. The first-order valence-corrected chi connectivity index (χ1v) is 6.73. The van der Waals surface area contributed by atoms with Crippen LogP contribution in [-0.2, 0) is 5.41 Å². The lowest BCUT2D eigenvalue weighted by atomic mass is 9.85. The van der Waals surface area contributed by atoms with Crippen LogP contribution in [-0.4, -0.2) is 9.55 Å². The van der Waals surface area contributed by atoms with Crippen LogP contribution in [0.1, 0.15) is 25.2 Å². The number of fused-ring (bicyclic) bond motifs is 5. The molecule has 2 aromatic carbocycles. The summed E-state index contributed by atoms with van der Waals surface area (Å²) in [6.45, 7) is 4.23. The highest BCUT2D eigenvalue weighted by atomic mass is 16.1. The van der Waals surface area contributed by atoms with Crippen LogP contribution < -0.4 is 5.56 Å². The van der Waals surface area contributed by atoms with Gasteiger partial charge >= 0.3 is 0 Å². The number of hydrogen-bond acceptors (Lipinski definition) is 2. The summed E-state index contributed by atoms with van der Waals surface area (Å²) in [5, 5.41) is 0.670. The van der Waals surface area contributed by atoms with E-state index in [0.29, 0.717) is 5.39 Å². The third kappa shape index (κ3) is 1.24. The maximum absolute atomic E-state index is 12.3. The molecule has 1 aliphatic rings. The van der Waals surface area contributed by atoms with Gasteiger partial charge in [0, 0.05) is 0 Å². The van der Waals surface area contributed by atoms with Crippen LogP contribution in [0.25, 0.3) is 16.6 Å². The van der Waals surface area contributed by atoms with Gasteiger partial charge in [0.2, 0.25) is 0 Å². The van der Waals surface area contributed by atoms with Crippen molar-refractivity contribution in [2.75, 3.05) is 0 Å². The topological polar surface area (TPSA) is 34.9 Å². The van der Waals surface area contributed by atoms with Crippen molar-refractivity contribution in [3.8, 4) is 5.69 Å². The Kier molecular flexibility index (Phi) is 2.04. The second-order valence-electron chi connectivity index (χ2n) is 5.74. The fourth-order valence-corrected chi connectivity index (χ4v) is 3.15. The van der Waals surface area contributed by atoms with Gasteiger partial charge in [-0.2, -0.15) is 4.98 Å². The maximum atomic E-state index is 12.3. The molecule has 0 radical (unpaired) electrons. The van der Waals surface area contributed by atoms with Crippen molar-refractivity contribution < 1.29 is 0 Å². The van der Waals surface area contributed by atoms with Gasteiger partial charge in [0.05, 0.1) is 22.0 Å². The Morgan fingerprint density at radius 1 is 1.00 bits per heavy atom. The molecule has 0 atom stereocenters. The molecule has 98 valence electrons. The van der Waals surface area contributed by atoms with Crippen LogP contribution in [0.4, 0.5) is 0 Å². The van der Waals surface area contributed by atoms with Crippen molar-refractivity contribution >= 4 is 10.9 Å². The highest BCUT2D eigenvalue weighted by Gasteiger charge is 2.37. The van der Waals surface area contributed by atoms with Gasteiger partial charge in [0.15, 0.2) is 0 Å². The Bertz CT molecular complexity index is 906. The lowest BCUT2D eigenvalue weighted by Gasteiger charge is -2.18. The van der Waals surface area contributed by atoms with Gasteiger partial charge in [-0.1, -0.05) is 30.3 Å². The van der Waals surface area contributed by atoms with Crippen LogP contribution in [0.5, 0.6) is 0 Å². The van der Waals surface area contributed by atoms with Gasteiger partial charge in [-0.05, 0) is 37.6 Å². The monoisotopic (exact) mass is 262 g/mol. The quantitative estimate of drug-likeness (QED) is 0.624. The molecule has 2 heterocycles. The number of para-hydroxylation sites is 2. The third-order valence-corrected chi connectivity index (χ3v) is 4.17. The Hall–Kier alpha value is -2.42. The number of hydrogen-bond donors (Lipinski definition) is 0. The molecule has 4 rings (SSSR count). The Labute approximate surface area is 116 Å². The molecule has 0 bridgehead atoms. The highest BCUT2D eigenvalue weighted by Crippen LogP contribution is 2.42. The largest absolute Gasteiger partial charge is 0.297 e. The lowest BCUT2D eigenvalue weighted by Crippen LogP contribution is -2.23. The average molecular weight is 262 g/mol. The predicted octanol–water partition coefficient (Wildman–Crippen LogP) is 3.03. The van der Waals surface area contributed by atoms with Crippen molar-refractivity contribution in [3.63, 3.8) is 0 Å². The number of nitrogens with zero attached hydrogens (tertiary/aromatic N) is 2. The molecule has 0 aliphatic carbocycles. The predicted molar refractivity (Wildman–Crippen MR) is 79.5 cm³/mol. The molecular weight excluding hydrogens is 248 g/mol. The molecule has 1 aliphatic heterocycles. The lowest BCUT2D eigenvalue weighted by molar-refractivity contribution is 0.610. The fourth-order valence-electron chi connectivity index (χ4n) is 3.15. The van der Waals surface area contributed by atoms with Gasteiger partial charge in [-0.15, -0.1) is 0 Å². The molecule has 0 saturated carbocycles. The standard InChI is InChI=1S/C17H14N2O/c1-17(2)12-8-4-6-10-14(12)19-13-9-5-3-7-11(13)15(20)18-16(17)19/h3-10H,1-2H3. The van der Waals surface area contributed by atoms with E-state index in [0.717, 1.165) is 17.0 Å². The summed E-state index contributed by atoms with van der Waals surface area (Å²) < 4.78 is 2.12. The summed E-state index contributed by atoms with van der Waals surface area (Å²) >= 11 is 0. The number of rotatable bonds is 0. The van der Waals surface area contributed by atoms with E-state index in [2.05, 4.69) is 35.5 Å². The SMILES string of the molecule is CC1(C)c2ccccc2-n2c1nc(=O)c1ccccc12. The first-order valence-electron chi connectivity index (χ1n) is 6.73. The summed E-state index contributed by atoms with van der Waals surface area (Å²) in [7, 11) is 0. The molecule has 0 fully saturated rings. The van der Waals surface area contributed by atoms with Crippen LogP contribution >= 0.6 is 0 Å². The van der Waals surface area contributed by atoms with E-state index in [1.807, 2.05) is 36.4 Å². The van der Waals surface area contributed by atoms with Crippen molar-refractivity contribution in [3.05, 3.63) is 70.3 Å². The van der Waals surface area contributed by atoms with E-state index in [1.165, 1.54) is 5.56 Å². The molecule has 3 heteroatoms. The summed E-state index contributed by atoms with van der Waals surface area (Å²) in [6, 6.07) is 15.9. The van der Waals surface area contributed by atoms with E-state index >= 15 is 0 Å². The molecule has 1 aromatic heterocycles. The Balaban J connectivity index is 2.28. The molecule has 0 unspecified atom stereocenters. The minimum atomic E-state index is -0.250. The normalized spacial score (nSPS) is 15.1. The van der Waals surface area contributed by atoms with Crippen LogP contribution in [0, 0.1) is 0 Å². The van der Waals surface area contributed by atoms with Crippen LogP contribution in [0.3, 0.4) is 0 Å². The summed E-state index contributed by atoms with van der Waals surface area (Å²) in [5.74, 6) is 0.822. The fraction of sp³-hybridized carbons (Fsp3) is 0.176. The number of aromatic nitrogens is 2. The zero-order valence-corrected chi connectivity index (χ0v) is 11.4. The van der Waals surface area contributed by atoms with Crippen LogP contribution in [0.15, 0.2) is 53.3 Å². The molecule has 0 N–H and O–H groups in total. The minimum absolute atomic E-state index is 0.146. The van der Waals surface area contributed by atoms with Crippen molar-refractivity contribution in [1.82, 2.24) is 9.55 Å².